The lowest BCUT2D eigenvalue weighted by molar-refractivity contribution is -0.374. The predicted molar refractivity (Wildman–Crippen MR) is 79.5 cm³/mol. The fraction of sp³-hybridized carbons (Fsp3) is 0.0667. The van der Waals surface area contributed by atoms with E-state index in [1.807, 2.05) is 36.6 Å². The smallest absolute Gasteiger partial charge is 0.258 e. The van der Waals surface area contributed by atoms with Crippen molar-refractivity contribution in [1.82, 2.24) is 0 Å². The number of nitro groups is 1. The Morgan fingerprint density at radius 1 is 1.11 bits per heavy atom. The van der Waals surface area contributed by atoms with Crippen LogP contribution in [0.2, 0.25) is 0 Å². The first kappa shape index (κ1) is 13.4. The number of nitrogens with zero attached hydrogens (tertiary/aromatic N) is 1. The molecule has 2 rings (SSSR count). The number of benzene rings is 2. The molecule has 2 aromatic carbocycles. The second kappa shape index (κ2) is 6.20. The Balaban J connectivity index is 2.38. The molecule has 0 radical (unpaired) electrons. The van der Waals surface area contributed by atoms with Gasteiger partial charge in [0.2, 0.25) is 0 Å². The molecule has 0 aliphatic heterocycles. The maximum absolute atomic E-state index is 11.2. The molecule has 0 amide bonds. The quantitative estimate of drug-likeness (QED) is 0.362. The van der Waals surface area contributed by atoms with Crippen LogP contribution in [0.5, 0.6) is 0 Å². The maximum Gasteiger partial charge on any atom is 0.277 e. The van der Waals surface area contributed by atoms with E-state index < -0.39 is 0 Å². The molecule has 0 aliphatic carbocycles. The van der Waals surface area contributed by atoms with Gasteiger partial charge in [-0.1, -0.05) is 30.3 Å². The van der Waals surface area contributed by atoms with E-state index in [-0.39, 0.29) is 10.6 Å². The van der Waals surface area contributed by atoms with Crippen molar-refractivity contribution < 1.29 is 4.92 Å². The molecular formula is C15H13NO2S. The zero-order chi connectivity index (χ0) is 13.7. The summed E-state index contributed by atoms with van der Waals surface area (Å²) in [7, 11) is 0. The molecule has 0 bridgehead atoms. The van der Waals surface area contributed by atoms with Crippen molar-refractivity contribution in [2.75, 3.05) is 6.26 Å². The summed E-state index contributed by atoms with van der Waals surface area (Å²) in [5, 5.41) is 11.2. The molecule has 0 saturated carbocycles. The lowest BCUT2D eigenvalue weighted by atomic mass is 10.1. The van der Waals surface area contributed by atoms with Crippen molar-refractivity contribution in [3.63, 3.8) is 0 Å². The van der Waals surface area contributed by atoms with E-state index in [0.29, 0.717) is 5.56 Å². The van der Waals surface area contributed by atoms with Crippen LogP contribution >= 0.6 is 11.8 Å². The Morgan fingerprint density at radius 2 is 1.74 bits per heavy atom. The highest BCUT2D eigenvalue weighted by Gasteiger charge is 2.13. The molecular weight excluding hydrogens is 258 g/mol. The van der Waals surface area contributed by atoms with E-state index in [4.69, 9.17) is 0 Å². The molecule has 19 heavy (non-hydrogen) atoms. The minimum absolute atomic E-state index is 0.109. The summed E-state index contributed by atoms with van der Waals surface area (Å²) in [6, 6.07) is 16.6. The molecule has 4 heteroatoms. The monoisotopic (exact) mass is 271 g/mol. The van der Waals surface area contributed by atoms with Crippen LogP contribution in [0.1, 0.15) is 11.1 Å². The minimum Gasteiger partial charge on any atom is -0.258 e. The van der Waals surface area contributed by atoms with E-state index in [1.54, 1.807) is 42.1 Å². The normalized spacial score (nSPS) is 11.3. The highest BCUT2D eigenvalue weighted by atomic mass is 32.2. The summed E-state index contributed by atoms with van der Waals surface area (Å²) in [6.07, 6.45) is 3.59. The van der Waals surface area contributed by atoms with Gasteiger partial charge in [-0.25, -0.2) is 0 Å². The Hall–Kier alpha value is -2.07. The summed E-state index contributed by atoms with van der Waals surface area (Å²) < 4.78 is 0. The molecule has 0 unspecified atom stereocenters. The first-order valence-electron chi connectivity index (χ1n) is 5.76. The molecule has 0 spiro atoms. The van der Waals surface area contributed by atoms with Crippen molar-refractivity contribution in [1.29, 1.82) is 0 Å². The fourth-order valence-electron chi connectivity index (χ4n) is 1.71. The highest BCUT2D eigenvalue weighted by Crippen LogP contribution is 2.21. The molecule has 0 saturated heterocycles. The lowest BCUT2D eigenvalue weighted by Crippen LogP contribution is -1.97. The summed E-state index contributed by atoms with van der Waals surface area (Å²) in [5.74, 6) is 0. The Bertz CT molecular complexity index is 591. The van der Waals surface area contributed by atoms with Gasteiger partial charge in [-0.3, -0.25) is 10.1 Å². The fourth-order valence-corrected chi connectivity index (χ4v) is 2.12. The van der Waals surface area contributed by atoms with Gasteiger partial charge in [-0.05, 0) is 36.1 Å². The number of hydrogen-bond donors (Lipinski definition) is 0. The predicted octanol–water partition coefficient (Wildman–Crippen LogP) is 4.18. The van der Waals surface area contributed by atoms with Crippen LogP contribution in [0.15, 0.2) is 59.5 Å². The molecule has 0 atom stereocenters. The van der Waals surface area contributed by atoms with E-state index >= 15 is 0 Å². The molecule has 2 aromatic rings. The molecule has 0 fully saturated rings. The van der Waals surface area contributed by atoms with Crippen molar-refractivity contribution >= 4 is 23.5 Å². The zero-order valence-corrected chi connectivity index (χ0v) is 11.3. The number of rotatable bonds is 4. The van der Waals surface area contributed by atoms with Crippen LogP contribution in [0, 0.1) is 10.1 Å². The van der Waals surface area contributed by atoms with Crippen LogP contribution in [-0.2, 0) is 0 Å². The van der Waals surface area contributed by atoms with E-state index in [2.05, 4.69) is 0 Å². The van der Waals surface area contributed by atoms with Gasteiger partial charge in [0.15, 0.2) is 0 Å². The Kier molecular flexibility index (Phi) is 4.36. The molecule has 0 aromatic heterocycles. The van der Waals surface area contributed by atoms with Crippen molar-refractivity contribution in [2.24, 2.45) is 0 Å². The summed E-state index contributed by atoms with van der Waals surface area (Å²) in [5.41, 5.74) is 1.55. The zero-order valence-electron chi connectivity index (χ0n) is 10.4. The van der Waals surface area contributed by atoms with Crippen molar-refractivity contribution in [2.45, 2.75) is 4.90 Å². The van der Waals surface area contributed by atoms with Gasteiger partial charge in [0, 0.05) is 11.0 Å². The van der Waals surface area contributed by atoms with Gasteiger partial charge < -0.3 is 0 Å². The first-order valence-corrected chi connectivity index (χ1v) is 6.99. The first-order chi connectivity index (χ1) is 9.20. The minimum atomic E-state index is -0.349. The highest BCUT2D eigenvalue weighted by molar-refractivity contribution is 7.98. The summed E-state index contributed by atoms with van der Waals surface area (Å²) in [6.45, 7) is 0. The lowest BCUT2D eigenvalue weighted by Gasteiger charge is -2.00. The van der Waals surface area contributed by atoms with E-state index in [0.717, 1.165) is 10.5 Å². The third kappa shape index (κ3) is 3.45. The standard InChI is InChI=1S/C15H13NO2S/c1-19-14-9-7-12(8-10-14)11-15(16(17)18)13-5-3-2-4-6-13/h2-11H,1H3/b15-11+. The van der Waals surface area contributed by atoms with Gasteiger partial charge >= 0.3 is 0 Å². The van der Waals surface area contributed by atoms with Gasteiger partial charge in [0.25, 0.3) is 5.70 Å². The number of thioether (sulfide) groups is 1. The van der Waals surface area contributed by atoms with Crippen LogP contribution in [0.3, 0.4) is 0 Å². The van der Waals surface area contributed by atoms with Crippen LogP contribution in [0.4, 0.5) is 0 Å². The van der Waals surface area contributed by atoms with Crippen LogP contribution < -0.4 is 0 Å². The third-order valence-corrected chi connectivity index (χ3v) is 3.43. The SMILES string of the molecule is CSc1ccc(/C=C(\c2ccccc2)[N+](=O)[O-])cc1. The van der Waals surface area contributed by atoms with E-state index in [9.17, 15) is 10.1 Å². The van der Waals surface area contributed by atoms with Gasteiger partial charge in [0.1, 0.15) is 0 Å². The molecule has 0 aliphatic rings. The largest absolute Gasteiger partial charge is 0.277 e. The van der Waals surface area contributed by atoms with Gasteiger partial charge in [-0.2, -0.15) is 0 Å². The second-order valence-corrected chi connectivity index (χ2v) is 4.81. The summed E-state index contributed by atoms with van der Waals surface area (Å²) >= 11 is 1.64. The Labute approximate surface area is 116 Å². The van der Waals surface area contributed by atoms with E-state index in [1.165, 1.54) is 0 Å². The average molecular weight is 271 g/mol. The Morgan fingerprint density at radius 3 is 2.26 bits per heavy atom. The third-order valence-electron chi connectivity index (χ3n) is 2.69. The molecule has 96 valence electrons. The van der Waals surface area contributed by atoms with Gasteiger partial charge in [0.05, 0.1) is 10.5 Å². The van der Waals surface area contributed by atoms with Crippen LogP contribution in [-0.4, -0.2) is 11.2 Å². The average Bonchev–Trinajstić information content (AvgIpc) is 2.46. The van der Waals surface area contributed by atoms with Crippen molar-refractivity contribution in [3.05, 3.63) is 75.8 Å². The topological polar surface area (TPSA) is 43.1 Å². The maximum atomic E-state index is 11.2. The number of hydrogen-bond acceptors (Lipinski definition) is 3. The summed E-state index contributed by atoms with van der Waals surface area (Å²) in [4.78, 5) is 11.9. The van der Waals surface area contributed by atoms with Gasteiger partial charge in [-0.15, -0.1) is 11.8 Å². The molecule has 3 nitrogen and oxygen atoms in total. The second-order valence-electron chi connectivity index (χ2n) is 3.93. The van der Waals surface area contributed by atoms with Crippen LogP contribution in [0.25, 0.3) is 11.8 Å². The van der Waals surface area contributed by atoms with Crippen molar-refractivity contribution in [3.8, 4) is 0 Å². The molecule has 0 N–H and O–H groups in total. The molecule has 0 heterocycles.